The van der Waals surface area contributed by atoms with Gasteiger partial charge in [-0.2, -0.15) is 0 Å². The van der Waals surface area contributed by atoms with Gasteiger partial charge < -0.3 is 20.1 Å². The molecule has 102 valence electrons. The summed E-state index contributed by atoms with van der Waals surface area (Å²) in [6.45, 7) is 1.04. The van der Waals surface area contributed by atoms with Crippen molar-refractivity contribution in [3.63, 3.8) is 0 Å². The summed E-state index contributed by atoms with van der Waals surface area (Å²) in [5, 5.41) is 9.61. The van der Waals surface area contributed by atoms with Gasteiger partial charge in [0.05, 0.1) is 18.8 Å². The average Bonchev–Trinajstić information content (AvgIpc) is 2.74. The zero-order valence-corrected chi connectivity index (χ0v) is 10.9. The lowest BCUT2D eigenvalue weighted by Crippen LogP contribution is -2.38. The maximum absolute atomic E-state index is 9.61. The summed E-state index contributed by atoms with van der Waals surface area (Å²) in [5.41, 5.74) is 6.67. The number of fused-ring (bicyclic) bond motifs is 1. The Labute approximate surface area is 111 Å². The highest BCUT2D eigenvalue weighted by atomic mass is 16.3. The minimum atomic E-state index is 0.109. The van der Waals surface area contributed by atoms with E-state index in [1.54, 1.807) is 12.4 Å². The zero-order chi connectivity index (χ0) is 13.2. The second-order valence-electron chi connectivity index (χ2n) is 5.03. The molecule has 19 heavy (non-hydrogen) atoms. The highest BCUT2D eigenvalue weighted by Crippen LogP contribution is 2.26. The van der Waals surface area contributed by atoms with E-state index in [0.29, 0.717) is 5.82 Å². The van der Waals surface area contributed by atoms with Crippen molar-refractivity contribution in [2.24, 2.45) is 0 Å². The van der Waals surface area contributed by atoms with Gasteiger partial charge in [0.1, 0.15) is 5.82 Å². The third-order valence-corrected chi connectivity index (χ3v) is 3.73. The molecule has 1 fully saturated rings. The summed E-state index contributed by atoms with van der Waals surface area (Å²) >= 11 is 0. The summed E-state index contributed by atoms with van der Waals surface area (Å²) in [4.78, 5) is 11.0. The Balaban J connectivity index is 2.07. The minimum absolute atomic E-state index is 0.109. The molecule has 3 heterocycles. The lowest BCUT2D eigenvalue weighted by atomic mass is 10.1. The van der Waals surface area contributed by atoms with E-state index in [0.717, 1.165) is 37.3 Å². The molecule has 0 aliphatic carbocycles. The van der Waals surface area contributed by atoms with Crippen LogP contribution in [0.15, 0.2) is 18.6 Å². The third kappa shape index (κ3) is 2.23. The highest BCUT2D eigenvalue weighted by molar-refractivity contribution is 5.66. The van der Waals surface area contributed by atoms with Crippen LogP contribution in [0, 0.1) is 0 Å². The molecule has 3 rings (SSSR count). The van der Waals surface area contributed by atoms with Crippen LogP contribution in [0.3, 0.4) is 0 Å². The monoisotopic (exact) mass is 261 g/mol. The van der Waals surface area contributed by atoms with Gasteiger partial charge >= 0.3 is 0 Å². The SMILES string of the molecule is Nc1cn2ccnc2c(N2CCCCCC2CO)n1. The fourth-order valence-electron chi connectivity index (χ4n) is 2.77. The molecule has 2 aromatic heterocycles. The van der Waals surface area contributed by atoms with E-state index in [1.165, 1.54) is 6.42 Å². The van der Waals surface area contributed by atoms with Gasteiger partial charge in [-0.25, -0.2) is 9.97 Å². The molecule has 0 bridgehead atoms. The van der Waals surface area contributed by atoms with Gasteiger partial charge in [0.2, 0.25) is 0 Å². The number of hydrogen-bond donors (Lipinski definition) is 2. The molecule has 6 nitrogen and oxygen atoms in total. The van der Waals surface area contributed by atoms with Crippen LogP contribution >= 0.6 is 0 Å². The van der Waals surface area contributed by atoms with E-state index in [1.807, 2.05) is 10.6 Å². The molecule has 6 heteroatoms. The fourth-order valence-corrected chi connectivity index (χ4v) is 2.77. The van der Waals surface area contributed by atoms with Crippen molar-refractivity contribution in [2.75, 3.05) is 23.8 Å². The second-order valence-corrected chi connectivity index (χ2v) is 5.03. The first kappa shape index (κ1) is 12.2. The first-order chi connectivity index (χ1) is 9.29. The van der Waals surface area contributed by atoms with Crippen molar-refractivity contribution in [3.05, 3.63) is 18.6 Å². The number of imidazole rings is 1. The number of nitrogen functional groups attached to an aromatic ring is 1. The van der Waals surface area contributed by atoms with Crippen molar-refractivity contribution < 1.29 is 5.11 Å². The maximum Gasteiger partial charge on any atom is 0.180 e. The molecule has 0 spiro atoms. The standard InChI is InChI=1S/C13H19N5O/c14-11-8-17-7-5-15-12(17)13(16-11)18-6-3-1-2-4-10(18)9-19/h5,7-8,10,19H,1-4,6,9,14H2. The van der Waals surface area contributed by atoms with E-state index in [-0.39, 0.29) is 12.6 Å². The fraction of sp³-hybridized carbons (Fsp3) is 0.538. The van der Waals surface area contributed by atoms with Gasteiger partial charge in [-0.1, -0.05) is 12.8 Å². The molecule has 0 saturated carbocycles. The van der Waals surface area contributed by atoms with Crippen molar-refractivity contribution in [2.45, 2.75) is 31.7 Å². The maximum atomic E-state index is 9.61. The Hall–Kier alpha value is -1.82. The van der Waals surface area contributed by atoms with Gasteiger partial charge in [-0.15, -0.1) is 0 Å². The smallest absolute Gasteiger partial charge is 0.180 e. The molecule has 1 unspecified atom stereocenters. The Morgan fingerprint density at radius 1 is 1.37 bits per heavy atom. The first-order valence-corrected chi connectivity index (χ1v) is 6.76. The second kappa shape index (κ2) is 5.05. The molecule has 0 aromatic carbocycles. The van der Waals surface area contributed by atoms with Crippen LogP contribution in [-0.2, 0) is 0 Å². The van der Waals surface area contributed by atoms with Gasteiger partial charge in [-0.05, 0) is 12.8 Å². The number of aliphatic hydroxyl groups excluding tert-OH is 1. The molecule has 3 N–H and O–H groups in total. The molecule has 1 aliphatic heterocycles. The number of aliphatic hydroxyl groups is 1. The lowest BCUT2D eigenvalue weighted by molar-refractivity contribution is 0.254. The topological polar surface area (TPSA) is 79.7 Å². The van der Waals surface area contributed by atoms with Gasteiger partial charge in [0.25, 0.3) is 0 Å². The highest BCUT2D eigenvalue weighted by Gasteiger charge is 2.24. The van der Waals surface area contributed by atoms with Crippen LogP contribution in [0.4, 0.5) is 11.6 Å². The third-order valence-electron chi connectivity index (χ3n) is 3.73. The number of rotatable bonds is 2. The molecule has 2 aromatic rings. The largest absolute Gasteiger partial charge is 0.394 e. The zero-order valence-electron chi connectivity index (χ0n) is 10.9. The number of anilines is 2. The number of nitrogens with two attached hydrogens (primary N) is 1. The lowest BCUT2D eigenvalue weighted by Gasteiger charge is -2.29. The van der Waals surface area contributed by atoms with E-state index in [4.69, 9.17) is 5.73 Å². The minimum Gasteiger partial charge on any atom is -0.394 e. The summed E-state index contributed by atoms with van der Waals surface area (Å²) in [6, 6.07) is 0.109. The van der Waals surface area contributed by atoms with Gasteiger partial charge in [0.15, 0.2) is 11.5 Å². The number of aromatic nitrogens is 3. The van der Waals surface area contributed by atoms with E-state index in [9.17, 15) is 5.11 Å². The molecule has 0 radical (unpaired) electrons. The van der Waals surface area contributed by atoms with Crippen LogP contribution in [-0.4, -0.2) is 38.7 Å². The van der Waals surface area contributed by atoms with E-state index >= 15 is 0 Å². The predicted octanol–water partition coefficient (Wildman–Crippen LogP) is 1.05. The van der Waals surface area contributed by atoms with Crippen LogP contribution in [0.25, 0.3) is 5.65 Å². The van der Waals surface area contributed by atoms with Crippen molar-refractivity contribution in [1.29, 1.82) is 0 Å². The summed E-state index contributed by atoms with van der Waals surface area (Å²) in [5.74, 6) is 1.26. The van der Waals surface area contributed by atoms with Gasteiger partial charge in [-0.3, -0.25) is 0 Å². The molecule has 1 atom stereocenters. The Morgan fingerprint density at radius 3 is 3.11 bits per heavy atom. The Morgan fingerprint density at radius 2 is 2.26 bits per heavy atom. The molecular weight excluding hydrogens is 242 g/mol. The van der Waals surface area contributed by atoms with E-state index in [2.05, 4.69) is 14.9 Å². The number of hydrogen-bond acceptors (Lipinski definition) is 5. The average molecular weight is 261 g/mol. The molecular formula is C13H19N5O. The van der Waals surface area contributed by atoms with Gasteiger partial charge in [0, 0.05) is 18.9 Å². The van der Waals surface area contributed by atoms with Crippen molar-refractivity contribution in [3.8, 4) is 0 Å². The molecule has 0 amide bonds. The predicted molar refractivity (Wildman–Crippen MR) is 74.1 cm³/mol. The van der Waals surface area contributed by atoms with Crippen LogP contribution < -0.4 is 10.6 Å². The quantitative estimate of drug-likeness (QED) is 0.844. The van der Waals surface area contributed by atoms with Crippen LogP contribution in [0.1, 0.15) is 25.7 Å². The Bertz CT molecular complexity index is 567. The van der Waals surface area contributed by atoms with Crippen molar-refractivity contribution in [1.82, 2.24) is 14.4 Å². The van der Waals surface area contributed by atoms with Crippen LogP contribution in [0.2, 0.25) is 0 Å². The van der Waals surface area contributed by atoms with Crippen LogP contribution in [0.5, 0.6) is 0 Å². The summed E-state index contributed by atoms with van der Waals surface area (Å²) in [7, 11) is 0. The Kier molecular flexibility index (Phi) is 3.25. The first-order valence-electron chi connectivity index (χ1n) is 6.76. The normalized spacial score (nSPS) is 20.7. The summed E-state index contributed by atoms with van der Waals surface area (Å²) in [6.07, 6.45) is 9.81. The van der Waals surface area contributed by atoms with Crippen molar-refractivity contribution >= 4 is 17.3 Å². The molecule has 1 saturated heterocycles. The molecule has 1 aliphatic rings. The number of nitrogens with zero attached hydrogens (tertiary/aromatic N) is 4. The summed E-state index contributed by atoms with van der Waals surface area (Å²) < 4.78 is 1.89. The van der Waals surface area contributed by atoms with E-state index < -0.39 is 0 Å².